The molecule has 0 saturated heterocycles. The zero-order valence-electron chi connectivity index (χ0n) is 9.66. The van der Waals surface area contributed by atoms with Gasteiger partial charge in [-0.15, -0.1) is 0 Å². The van der Waals surface area contributed by atoms with Crippen molar-refractivity contribution in [2.75, 3.05) is 18.8 Å². The van der Waals surface area contributed by atoms with Gasteiger partial charge in [0, 0.05) is 11.3 Å². The first-order valence-corrected chi connectivity index (χ1v) is 6.81. The molecule has 0 aromatic carbocycles. The molecule has 0 aliphatic heterocycles. The number of amides is 1. The minimum absolute atomic E-state index is 0.0892. The third-order valence-electron chi connectivity index (χ3n) is 2.72. The Bertz CT molecular complexity index is 264. The van der Waals surface area contributed by atoms with Crippen molar-refractivity contribution in [1.82, 2.24) is 10.6 Å². The number of carbonyl (C=O) groups excluding carboxylic acids is 1. The molecule has 0 aromatic rings. The first-order valence-electron chi connectivity index (χ1n) is 5.76. The molecule has 1 rings (SSSR count). The van der Waals surface area contributed by atoms with E-state index in [9.17, 15) is 4.79 Å². The van der Waals surface area contributed by atoms with Gasteiger partial charge in [-0.25, -0.2) is 0 Å². The Morgan fingerprint density at radius 1 is 1.56 bits per heavy atom. The average Bonchev–Trinajstić information content (AvgIpc) is 2.72. The maximum absolute atomic E-state index is 11.3. The second-order valence-corrected chi connectivity index (χ2v) is 5.36. The van der Waals surface area contributed by atoms with E-state index in [2.05, 4.69) is 17.6 Å². The predicted octanol–water partition coefficient (Wildman–Crippen LogP) is 0.890. The van der Waals surface area contributed by atoms with Crippen LogP contribution in [0.25, 0.3) is 0 Å². The van der Waals surface area contributed by atoms with E-state index in [0.717, 1.165) is 12.2 Å². The quantitative estimate of drug-likeness (QED) is 0.678. The third kappa shape index (κ3) is 4.42. The molecule has 0 spiro atoms. The Morgan fingerprint density at radius 3 is 3.06 bits per heavy atom. The second kappa shape index (κ2) is 7.53. The summed E-state index contributed by atoms with van der Waals surface area (Å²) < 4.78 is 0. The number of rotatable bonds is 6. The van der Waals surface area contributed by atoms with Crippen molar-refractivity contribution in [3.05, 3.63) is 0 Å². The Labute approximate surface area is 101 Å². The van der Waals surface area contributed by atoms with E-state index < -0.39 is 0 Å². The van der Waals surface area contributed by atoms with Gasteiger partial charge in [-0.3, -0.25) is 4.79 Å². The van der Waals surface area contributed by atoms with Crippen LogP contribution in [0.15, 0.2) is 0 Å². The van der Waals surface area contributed by atoms with E-state index in [0.29, 0.717) is 17.8 Å². The minimum Gasteiger partial charge on any atom is -0.342 e. The molecule has 2 N–H and O–H groups in total. The molecule has 1 aliphatic carbocycles. The Balaban J connectivity index is 2.21. The van der Waals surface area contributed by atoms with Gasteiger partial charge in [0.15, 0.2) is 0 Å². The van der Waals surface area contributed by atoms with Crippen molar-refractivity contribution in [3.8, 4) is 6.07 Å². The van der Waals surface area contributed by atoms with Crippen LogP contribution in [-0.4, -0.2) is 36.0 Å². The van der Waals surface area contributed by atoms with Crippen molar-refractivity contribution in [1.29, 1.82) is 5.26 Å². The van der Waals surface area contributed by atoms with Gasteiger partial charge in [0.2, 0.25) is 5.91 Å². The number of hydrogen-bond donors (Lipinski definition) is 2. The Morgan fingerprint density at radius 2 is 2.38 bits per heavy atom. The summed E-state index contributed by atoms with van der Waals surface area (Å²) in [6.07, 6.45) is 3.65. The normalized spacial score (nSPS) is 24.0. The first-order chi connectivity index (χ1) is 7.77. The molecule has 16 heavy (non-hydrogen) atoms. The average molecular weight is 241 g/mol. The molecule has 90 valence electrons. The van der Waals surface area contributed by atoms with E-state index in [1.165, 1.54) is 12.8 Å². The smallest absolute Gasteiger partial charge is 0.234 e. The molecule has 0 heterocycles. The minimum atomic E-state index is -0.0892. The molecular weight excluding hydrogens is 222 g/mol. The maximum atomic E-state index is 11.3. The third-order valence-corrected chi connectivity index (χ3v) is 4.05. The standard InChI is InChI=1S/C11H19N3OS/c1-2-16-10-5-3-4-9(10)14-8-11(15)13-7-6-12/h9-10,14H,2-5,7-8H2,1H3,(H,13,15). The van der Waals surface area contributed by atoms with Crippen LogP contribution in [0.3, 0.4) is 0 Å². The van der Waals surface area contributed by atoms with E-state index in [1.807, 2.05) is 17.8 Å². The van der Waals surface area contributed by atoms with E-state index >= 15 is 0 Å². The van der Waals surface area contributed by atoms with E-state index in [4.69, 9.17) is 5.26 Å². The molecule has 2 atom stereocenters. The molecule has 0 aromatic heterocycles. The fourth-order valence-corrected chi connectivity index (χ4v) is 3.22. The zero-order chi connectivity index (χ0) is 11.8. The molecule has 4 nitrogen and oxygen atoms in total. The van der Waals surface area contributed by atoms with Crippen LogP contribution in [0.4, 0.5) is 0 Å². The summed E-state index contributed by atoms with van der Waals surface area (Å²) in [6, 6.07) is 2.35. The lowest BCUT2D eigenvalue weighted by Crippen LogP contribution is -2.41. The van der Waals surface area contributed by atoms with Crippen molar-refractivity contribution < 1.29 is 4.79 Å². The molecule has 5 heteroatoms. The largest absolute Gasteiger partial charge is 0.342 e. The van der Waals surface area contributed by atoms with Crippen LogP contribution in [0.5, 0.6) is 0 Å². The Hall–Kier alpha value is -0.730. The van der Waals surface area contributed by atoms with Gasteiger partial charge < -0.3 is 10.6 Å². The number of carbonyl (C=O) groups is 1. The predicted molar refractivity (Wildman–Crippen MR) is 66.2 cm³/mol. The van der Waals surface area contributed by atoms with Gasteiger partial charge in [0.05, 0.1) is 12.6 Å². The van der Waals surface area contributed by atoms with Crippen molar-refractivity contribution in [2.24, 2.45) is 0 Å². The molecule has 1 saturated carbocycles. The lowest BCUT2D eigenvalue weighted by Gasteiger charge is -2.19. The number of nitriles is 1. The summed E-state index contributed by atoms with van der Waals surface area (Å²) >= 11 is 1.97. The van der Waals surface area contributed by atoms with Crippen LogP contribution in [0.2, 0.25) is 0 Å². The highest BCUT2D eigenvalue weighted by atomic mass is 32.2. The van der Waals surface area contributed by atoms with Gasteiger partial charge in [-0.1, -0.05) is 13.3 Å². The highest BCUT2D eigenvalue weighted by molar-refractivity contribution is 7.99. The van der Waals surface area contributed by atoms with Gasteiger partial charge in [0.1, 0.15) is 6.54 Å². The second-order valence-electron chi connectivity index (χ2n) is 3.85. The highest BCUT2D eigenvalue weighted by Crippen LogP contribution is 2.29. The number of nitrogens with zero attached hydrogens (tertiary/aromatic N) is 1. The lowest BCUT2D eigenvalue weighted by molar-refractivity contribution is -0.120. The van der Waals surface area contributed by atoms with Crippen LogP contribution < -0.4 is 10.6 Å². The fraction of sp³-hybridized carbons (Fsp3) is 0.818. The molecular formula is C11H19N3OS. The SMILES string of the molecule is CCSC1CCCC1NCC(=O)NCC#N. The number of hydrogen-bond acceptors (Lipinski definition) is 4. The maximum Gasteiger partial charge on any atom is 0.234 e. The van der Waals surface area contributed by atoms with Gasteiger partial charge in [0.25, 0.3) is 0 Å². The molecule has 0 radical (unpaired) electrons. The van der Waals surface area contributed by atoms with Gasteiger partial charge in [-0.05, 0) is 18.6 Å². The van der Waals surface area contributed by atoms with E-state index in [-0.39, 0.29) is 12.5 Å². The van der Waals surface area contributed by atoms with Gasteiger partial charge >= 0.3 is 0 Å². The molecule has 2 unspecified atom stereocenters. The molecule has 1 fully saturated rings. The molecule has 0 bridgehead atoms. The molecule has 1 amide bonds. The first kappa shape index (κ1) is 13.3. The van der Waals surface area contributed by atoms with Crippen molar-refractivity contribution >= 4 is 17.7 Å². The highest BCUT2D eigenvalue weighted by Gasteiger charge is 2.26. The van der Waals surface area contributed by atoms with Crippen LogP contribution in [0, 0.1) is 11.3 Å². The van der Waals surface area contributed by atoms with Crippen LogP contribution >= 0.6 is 11.8 Å². The number of thioether (sulfide) groups is 1. The summed E-state index contributed by atoms with van der Waals surface area (Å²) in [7, 11) is 0. The number of nitrogens with one attached hydrogen (secondary N) is 2. The summed E-state index contributed by atoms with van der Waals surface area (Å²) in [6.45, 7) is 2.59. The lowest BCUT2D eigenvalue weighted by atomic mass is 10.2. The fourth-order valence-electron chi connectivity index (χ4n) is 2.00. The summed E-state index contributed by atoms with van der Waals surface area (Å²) in [4.78, 5) is 11.3. The van der Waals surface area contributed by atoms with Gasteiger partial charge in [-0.2, -0.15) is 17.0 Å². The van der Waals surface area contributed by atoms with E-state index in [1.54, 1.807) is 0 Å². The van der Waals surface area contributed by atoms with Crippen molar-refractivity contribution in [3.63, 3.8) is 0 Å². The Kier molecular flexibility index (Phi) is 6.27. The zero-order valence-corrected chi connectivity index (χ0v) is 10.5. The summed E-state index contributed by atoms with van der Waals surface area (Å²) in [5.41, 5.74) is 0. The summed E-state index contributed by atoms with van der Waals surface area (Å²) in [5, 5.41) is 14.8. The van der Waals surface area contributed by atoms with Crippen LogP contribution in [-0.2, 0) is 4.79 Å². The van der Waals surface area contributed by atoms with Crippen molar-refractivity contribution in [2.45, 2.75) is 37.5 Å². The van der Waals surface area contributed by atoms with Crippen LogP contribution in [0.1, 0.15) is 26.2 Å². The monoisotopic (exact) mass is 241 g/mol. The molecule has 1 aliphatic rings. The summed E-state index contributed by atoms with van der Waals surface area (Å²) in [5.74, 6) is 1.04. The topological polar surface area (TPSA) is 64.9 Å².